The first kappa shape index (κ1) is 18.9. The van der Waals surface area contributed by atoms with Gasteiger partial charge in [0.15, 0.2) is 11.5 Å². The molecule has 3 aromatic rings. The second kappa shape index (κ2) is 7.32. The number of hydrogen-bond acceptors (Lipinski definition) is 5. The average molecular weight is 413 g/mol. The molecule has 2 heterocycles. The lowest BCUT2D eigenvalue weighted by Crippen LogP contribution is -2.29. The lowest BCUT2D eigenvalue weighted by molar-refractivity contribution is -0.132. The summed E-state index contributed by atoms with van der Waals surface area (Å²) in [6.45, 7) is 2.04. The van der Waals surface area contributed by atoms with Crippen molar-refractivity contribution in [3.8, 4) is 11.5 Å². The van der Waals surface area contributed by atoms with Crippen LogP contribution in [0.5, 0.6) is 11.5 Å². The number of ether oxygens (including phenoxy) is 2. The quantitative estimate of drug-likeness (QED) is 0.393. The van der Waals surface area contributed by atoms with Gasteiger partial charge in [0.05, 0.1) is 11.6 Å². The Bertz CT molecular complexity index is 1230. The first-order valence-corrected chi connectivity index (χ1v) is 9.87. The fourth-order valence-electron chi connectivity index (χ4n) is 4.04. The minimum atomic E-state index is -0.777. The number of rotatable bonds is 3. The van der Waals surface area contributed by atoms with Crippen LogP contribution in [0, 0.1) is 6.92 Å². The number of nitrogens with zero attached hydrogens (tertiary/aromatic N) is 1. The summed E-state index contributed by atoms with van der Waals surface area (Å²) in [5.41, 5.74) is 2.73. The normalized spacial score (nSPS) is 19.1. The fraction of sp³-hybridized carbons (Fsp3) is 0.120. The highest BCUT2D eigenvalue weighted by Crippen LogP contribution is 2.44. The molecule has 0 radical (unpaired) electrons. The molecule has 5 rings (SSSR count). The van der Waals surface area contributed by atoms with Gasteiger partial charge in [-0.1, -0.05) is 60.2 Å². The molecule has 0 bridgehead atoms. The molecule has 3 aromatic carbocycles. The third-order valence-electron chi connectivity index (χ3n) is 5.48. The summed E-state index contributed by atoms with van der Waals surface area (Å²) in [7, 11) is 0. The summed E-state index contributed by atoms with van der Waals surface area (Å²) in [5.74, 6) is -0.552. The third-order valence-corrected chi connectivity index (χ3v) is 5.48. The van der Waals surface area contributed by atoms with Gasteiger partial charge in [0.25, 0.3) is 11.7 Å². The van der Waals surface area contributed by atoms with E-state index in [0.29, 0.717) is 22.7 Å². The Labute approximate surface area is 179 Å². The number of aliphatic hydroxyl groups excluding tert-OH is 1. The molecule has 154 valence electrons. The Kier molecular flexibility index (Phi) is 4.47. The van der Waals surface area contributed by atoms with E-state index in [9.17, 15) is 14.7 Å². The van der Waals surface area contributed by atoms with Gasteiger partial charge in [0.1, 0.15) is 5.76 Å². The van der Waals surface area contributed by atoms with Gasteiger partial charge in [-0.15, -0.1) is 0 Å². The van der Waals surface area contributed by atoms with Crippen molar-refractivity contribution < 1.29 is 24.2 Å². The predicted octanol–water partition coefficient (Wildman–Crippen LogP) is 4.35. The van der Waals surface area contributed by atoms with E-state index in [1.165, 1.54) is 4.90 Å². The predicted molar refractivity (Wildman–Crippen MR) is 115 cm³/mol. The van der Waals surface area contributed by atoms with Gasteiger partial charge in [-0.05, 0) is 24.6 Å². The zero-order chi connectivity index (χ0) is 21.5. The van der Waals surface area contributed by atoms with Crippen LogP contribution in [0.25, 0.3) is 5.76 Å². The topological polar surface area (TPSA) is 76.1 Å². The Morgan fingerprint density at radius 3 is 2.48 bits per heavy atom. The highest BCUT2D eigenvalue weighted by Gasteiger charge is 2.47. The Hall–Kier alpha value is -4.06. The fourth-order valence-corrected chi connectivity index (χ4v) is 4.04. The number of carbonyl (C=O) groups excluding carboxylic acids is 2. The van der Waals surface area contributed by atoms with Crippen molar-refractivity contribution in [1.82, 2.24) is 0 Å². The zero-order valence-electron chi connectivity index (χ0n) is 16.7. The van der Waals surface area contributed by atoms with E-state index in [-0.39, 0.29) is 18.1 Å². The Morgan fingerprint density at radius 1 is 0.935 bits per heavy atom. The van der Waals surface area contributed by atoms with Crippen LogP contribution in [0.2, 0.25) is 0 Å². The highest BCUT2D eigenvalue weighted by atomic mass is 16.7. The van der Waals surface area contributed by atoms with Crippen LogP contribution in [0.3, 0.4) is 0 Å². The lowest BCUT2D eigenvalue weighted by atomic mass is 9.94. The van der Waals surface area contributed by atoms with Crippen molar-refractivity contribution in [2.45, 2.75) is 13.0 Å². The molecule has 1 atom stereocenters. The van der Waals surface area contributed by atoms with E-state index in [1.807, 2.05) is 37.3 Å². The summed E-state index contributed by atoms with van der Waals surface area (Å²) in [4.78, 5) is 27.7. The largest absolute Gasteiger partial charge is 0.507 e. The smallest absolute Gasteiger partial charge is 0.300 e. The van der Waals surface area contributed by atoms with Crippen LogP contribution >= 0.6 is 0 Å². The molecule has 6 nitrogen and oxygen atoms in total. The number of ketones is 1. The van der Waals surface area contributed by atoms with Gasteiger partial charge < -0.3 is 14.6 Å². The van der Waals surface area contributed by atoms with Gasteiger partial charge in [0, 0.05) is 17.3 Å². The number of Topliss-reactive ketones (excluding diaryl/α,β-unsaturated/α-hetero) is 1. The van der Waals surface area contributed by atoms with Gasteiger partial charge in [-0.25, -0.2) is 0 Å². The van der Waals surface area contributed by atoms with E-state index in [0.717, 1.165) is 11.1 Å². The molecule has 1 amide bonds. The first-order chi connectivity index (χ1) is 15.0. The van der Waals surface area contributed by atoms with Crippen molar-refractivity contribution >= 4 is 23.1 Å². The number of amides is 1. The van der Waals surface area contributed by atoms with E-state index < -0.39 is 17.7 Å². The average Bonchev–Trinajstić information content (AvgIpc) is 3.36. The van der Waals surface area contributed by atoms with Crippen LogP contribution in [0.15, 0.2) is 78.4 Å². The molecule has 1 fully saturated rings. The molecule has 1 saturated heterocycles. The number of fused-ring (bicyclic) bond motifs is 1. The number of hydrogen-bond donors (Lipinski definition) is 1. The summed E-state index contributed by atoms with van der Waals surface area (Å²) >= 11 is 0. The van der Waals surface area contributed by atoms with Gasteiger partial charge in [-0.3, -0.25) is 14.5 Å². The van der Waals surface area contributed by atoms with E-state index in [1.54, 1.807) is 42.5 Å². The van der Waals surface area contributed by atoms with Crippen molar-refractivity contribution in [3.63, 3.8) is 0 Å². The van der Waals surface area contributed by atoms with Crippen molar-refractivity contribution in [2.75, 3.05) is 11.7 Å². The Balaban J connectivity index is 1.72. The van der Waals surface area contributed by atoms with Gasteiger partial charge in [0.2, 0.25) is 6.79 Å². The minimum Gasteiger partial charge on any atom is -0.507 e. The first-order valence-electron chi connectivity index (χ1n) is 9.87. The number of anilines is 1. The monoisotopic (exact) mass is 413 g/mol. The molecule has 0 saturated carbocycles. The summed E-state index contributed by atoms with van der Waals surface area (Å²) in [6.07, 6.45) is 0. The highest BCUT2D eigenvalue weighted by molar-refractivity contribution is 6.51. The summed E-state index contributed by atoms with van der Waals surface area (Å²) < 4.78 is 10.8. The Morgan fingerprint density at radius 2 is 1.71 bits per heavy atom. The molecule has 1 unspecified atom stereocenters. The van der Waals surface area contributed by atoms with Crippen LogP contribution in [0.1, 0.15) is 22.7 Å². The van der Waals surface area contributed by atoms with Crippen LogP contribution < -0.4 is 14.4 Å². The number of carbonyl (C=O) groups is 2. The molecule has 2 aliphatic heterocycles. The zero-order valence-corrected chi connectivity index (χ0v) is 16.7. The van der Waals surface area contributed by atoms with Crippen LogP contribution in [0.4, 0.5) is 5.69 Å². The second-order valence-electron chi connectivity index (χ2n) is 7.49. The standard InChI is InChI=1S/C25H19NO5/c1-15-6-5-9-17(12-15)22-21(23(27)16-7-3-2-4-8-16)24(28)25(29)26(22)18-10-11-19-20(13-18)31-14-30-19/h2-13,22,27H,14H2,1H3/b23-21+. The van der Waals surface area contributed by atoms with Crippen LogP contribution in [-0.2, 0) is 9.59 Å². The van der Waals surface area contributed by atoms with Gasteiger partial charge in [-0.2, -0.15) is 0 Å². The number of aliphatic hydroxyl groups is 1. The maximum absolute atomic E-state index is 13.2. The van der Waals surface area contributed by atoms with Crippen molar-refractivity contribution in [2.24, 2.45) is 0 Å². The minimum absolute atomic E-state index is 0.0551. The molecule has 6 heteroatoms. The second-order valence-corrected chi connectivity index (χ2v) is 7.49. The molecule has 31 heavy (non-hydrogen) atoms. The van der Waals surface area contributed by atoms with E-state index >= 15 is 0 Å². The van der Waals surface area contributed by atoms with E-state index in [2.05, 4.69) is 0 Å². The number of benzene rings is 3. The number of aryl methyl sites for hydroxylation is 1. The molecule has 0 aromatic heterocycles. The summed E-state index contributed by atoms with van der Waals surface area (Å²) in [6, 6.07) is 20.7. The molecule has 0 aliphatic carbocycles. The molecular weight excluding hydrogens is 394 g/mol. The third kappa shape index (κ3) is 3.13. The summed E-state index contributed by atoms with van der Waals surface area (Å²) in [5, 5.41) is 11.1. The molecule has 2 aliphatic rings. The SMILES string of the molecule is Cc1cccc(C2/C(=C(\O)c3ccccc3)C(=O)C(=O)N2c2ccc3c(c2)OCO3)c1. The maximum atomic E-state index is 13.2. The molecular formula is C25H19NO5. The van der Waals surface area contributed by atoms with Crippen LogP contribution in [-0.4, -0.2) is 23.6 Å². The molecule has 0 spiro atoms. The van der Waals surface area contributed by atoms with Crippen molar-refractivity contribution in [1.29, 1.82) is 0 Å². The van der Waals surface area contributed by atoms with Crippen molar-refractivity contribution in [3.05, 3.63) is 95.1 Å². The van der Waals surface area contributed by atoms with E-state index in [4.69, 9.17) is 9.47 Å². The lowest BCUT2D eigenvalue weighted by Gasteiger charge is -2.26. The molecule has 1 N–H and O–H groups in total. The van der Waals surface area contributed by atoms with Gasteiger partial charge >= 0.3 is 0 Å². The maximum Gasteiger partial charge on any atom is 0.300 e.